The monoisotopic (exact) mass is 200 g/mol. The quantitative estimate of drug-likeness (QED) is 0.651. The van der Waals surface area contributed by atoms with Crippen LogP contribution < -0.4 is 4.74 Å². The molecule has 0 aromatic heterocycles. The molecule has 1 aliphatic rings. The number of ketones is 1. The second kappa shape index (κ2) is 3.41. The Hall–Kier alpha value is -1.79. The van der Waals surface area contributed by atoms with Crippen molar-refractivity contribution in [3.05, 3.63) is 48.2 Å². The van der Waals surface area contributed by atoms with Gasteiger partial charge in [-0.1, -0.05) is 18.7 Å². The molecular formula is C13H12O2. The van der Waals surface area contributed by atoms with E-state index in [0.29, 0.717) is 17.7 Å². The molecule has 0 N–H and O–H groups in total. The van der Waals surface area contributed by atoms with Gasteiger partial charge in [0.25, 0.3) is 0 Å². The van der Waals surface area contributed by atoms with Crippen LogP contribution in [-0.4, -0.2) is 11.4 Å². The summed E-state index contributed by atoms with van der Waals surface area (Å²) < 4.78 is 5.75. The van der Waals surface area contributed by atoms with Gasteiger partial charge in [-0.3, -0.25) is 4.79 Å². The zero-order chi connectivity index (χ0) is 10.9. The molecule has 0 aliphatic carbocycles. The van der Waals surface area contributed by atoms with E-state index >= 15 is 0 Å². The lowest BCUT2D eigenvalue weighted by Crippen LogP contribution is -2.36. The van der Waals surface area contributed by atoms with Crippen molar-refractivity contribution in [2.24, 2.45) is 0 Å². The maximum Gasteiger partial charge on any atom is 0.170 e. The first-order chi connectivity index (χ1) is 7.14. The molecule has 0 saturated heterocycles. The van der Waals surface area contributed by atoms with E-state index in [4.69, 9.17) is 4.74 Å². The number of ether oxygens (including phenoxy) is 1. The molecule has 2 heteroatoms. The van der Waals surface area contributed by atoms with Gasteiger partial charge in [-0.15, -0.1) is 5.73 Å². The maximum atomic E-state index is 11.8. The normalized spacial score (nSPS) is 23.7. The van der Waals surface area contributed by atoms with E-state index in [1.165, 1.54) is 0 Å². The summed E-state index contributed by atoms with van der Waals surface area (Å²) in [5.41, 5.74) is 2.73. The van der Waals surface area contributed by atoms with Crippen molar-refractivity contribution in [2.45, 2.75) is 18.9 Å². The number of benzene rings is 1. The minimum Gasteiger partial charge on any atom is -0.482 e. The molecular weight excluding hydrogens is 188 g/mol. The van der Waals surface area contributed by atoms with Crippen molar-refractivity contribution in [3.8, 4) is 5.75 Å². The lowest BCUT2D eigenvalue weighted by atomic mass is 9.91. The predicted octanol–water partition coefficient (Wildman–Crippen LogP) is 2.75. The average Bonchev–Trinajstić information content (AvgIpc) is 2.17. The second-order valence-corrected chi connectivity index (χ2v) is 3.86. The van der Waals surface area contributed by atoms with Gasteiger partial charge in [-0.2, -0.15) is 0 Å². The SMILES string of the molecule is C=C=CC1(C)CC(=O)c2ccccc2O1. The number of para-hydroxylation sites is 1. The highest BCUT2D eigenvalue weighted by atomic mass is 16.5. The fraction of sp³-hybridized carbons (Fsp3) is 0.231. The van der Waals surface area contributed by atoms with Crippen molar-refractivity contribution in [3.63, 3.8) is 0 Å². The van der Waals surface area contributed by atoms with Crippen molar-refractivity contribution < 1.29 is 9.53 Å². The summed E-state index contributed by atoms with van der Waals surface area (Å²) in [7, 11) is 0. The Kier molecular flexibility index (Phi) is 2.22. The Morgan fingerprint density at radius 3 is 3.00 bits per heavy atom. The van der Waals surface area contributed by atoms with Crippen LogP contribution in [0.1, 0.15) is 23.7 Å². The van der Waals surface area contributed by atoms with Gasteiger partial charge in [0.2, 0.25) is 0 Å². The van der Waals surface area contributed by atoms with Gasteiger partial charge in [0.15, 0.2) is 5.78 Å². The van der Waals surface area contributed by atoms with Gasteiger partial charge in [0.1, 0.15) is 11.4 Å². The Labute approximate surface area is 88.9 Å². The molecule has 0 saturated carbocycles. The first-order valence-corrected chi connectivity index (χ1v) is 4.83. The number of carbonyl (C=O) groups excluding carboxylic acids is 1. The van der Waals surface area contributed by atoms with E-state index in [1.54, 1.807) is 12.1 Å². The van der Waals surface area contributed by atoms with Crippen molar-refractivity contribution in [1.82, 2.24) is 0 Å². The summed E-state index contributed by atoms with van der Waals surface area (Å²) in [6.07, 6.45) is 2.04. The molecule has 1 atom stereocenters. The molecule has 0 radical (unpaired) electrons. The minimum absolute atomic E-state index is 0.103. The third-order valence-corrected chi connectivity index (χ3v) is 2.45. The number of rotatable bonds is 1. The van der Waals surface area contributed by atoms with Crippen LogP contribution in [-0.2, 0) is 0 Å². The van der Waals surface area contributed by atoms with Crippen LogP contribution in [0.5, 0.6) is 5.75 Å². The zero-order valence-corrected chi connectivity index (χ0v) is 8.62. The predicted molar refractivity (Wildman–Crippen MR) is 58.1 cm³/mol. The van der Waals surface area contributed by atoms with Gasteiger partial charge < -0.3 is 4.74 Å². The number of hydrogen-bond donors (Lipinski definition) is 0. The van der Waals surface area contributed by atoms with Gasteiger partial charge in [0.05, 0.1) is 12.0 Å². The number of carbonyl (C=O) groups is 1. The molecule has 1 aromatic carbocycles. The summed E-state index contributed by atoms with van der Waals surface area (Å²) >= 11 is 0. The Morgan fingerprint density at radius 1 is 1.53 bits per heavy atom. The van der Waals surface area contributed by atoms with Crippen LogP contribution in [0.3, 0.4) is 0 Å². The Bertz CT molecular complexity index is 455. The average molecular weight is 200 g/mol. The summed E-state index contributed by atoms with van der Waals surface area (Å²) in [6.45, 7) is 5.37. The summed E-state index contributed by atoms with van der Waals surface area (Å²) in [4.78, 5) is 11.8. The van der Waals surface area contributed by atoms with Crippen LogP contribution in [0, 0.1) is 0 Å². The Balaban J connectivity index is 2.46. The first kappa shape index (κ1) is 9.75. The molecule has 1 heterocycles. The molecule has 2 nitrogen and oxygen atoms in total. The minimum atomic E-state index is -0.604. The van der Waals surface area contributed by atoms with Crippen molar-refractivity contribution >= 4 is 5.78 Å². The molecule has 1 unspecified atom stereocenters. The lowest BCUT2D eigenvalue weighted by molar-refractivity contribution is 0.0729. The number of hydrogen-bond acceptors (Lipinski definition) is 2. The fourth-order valence-corrected chi connectivity index (χ4v) is 1.78. The third kappa shape index (κ3) is 1.72. The summed E-state index contributed by atoms with van der Waals surface area (Å²) in [5.74, 6) is 0.744. The lowest BCUT2D eigenvalue weighted by Gasteiger charge is -2.31. The maximum absolute atomic E-state index is 11.8. The largest absolute Gasteiger partial charge is 0.482 e. The molecule has 15 heavy (non-hydrogen) atoms. The molecule has 0 bridgehead atoms. The topological polar surface area (TPSA) is 26.3 Å². The van der Waals surface area contributed by atoms with Crippen LogP contribution >= 0.6 is 0 Å². The molecule has 1 aromatic rings. The van der Waals surface area contributed by atoms with Gasteiger partial charge in [0, 0.05) is 6.08 Å². The van der Waals surface area contributed by atoms with Gasteiger partial charge in [-0.25, -0.2) is 0 Å². The van der Waals surface area contributed by atoms with E-state index in [1.807, 2.05) is 25.1 Å². The van der Waals surface area contributed by atoms with Crippen molar-refractivity contribution in [2.75, 3.05) is 0 Å². The van der Waals surface area contributed by atoms with E-state index in [9.17, 15) is 4.79 Å². The number of Topliss-reactive ketones (excluding diaryl/α,β-unsaturated/α-hetero) is 1. The van der Waals surface area contributed by atoms with Gasteiger partial charge in [-0.05, 0) is 19.1 Å². The van der Waals surface area contributed by atoms with E-state index < -0.39 is 5.60 Å². The second-order valence-electron chi connectivity index (χ2n) is 3.86. The van der Waals surface area contributed by atoms with E-state index in [2.05, 4.69) is 12.3 Å². The molecule has 0 fully saturated rings. The smallest absolute Gasteiger partial charge is 0.170 e. The van der Waals surface area contributed by atoms with E-state index in [-0.39, 0.29) is 5.78 Å². The first-order valence-electron chi connectivity index (χ1n) is 4.83. The molecule has 0 spiro atoms. The van der Waals surface area contributed by atoms with Crippen molar-refractivity contribution in [1.29, 1.82) is 0 Å². The zero-order valence-electron chi connectivity index (χ0n) is 8.62. The summed E-state index contributed by atoms with van der Waals surface area (Å²) in [5, 5.41) is 0. The molecule has 76 valence electrons. The highest BCUT2D eigenvalue weighted by Gasteiger charge is 2.34. The highest BCUT2D eigenvalue weighted by molar-refractivity contribution is 6.00. The molecule has 1 aliphatic heterocycles. The fourth-order valence-electron chi connectivity index (χ4n) is 1.78. The van der Waals surface area contributed by atoms with Crippen LogP contribution in [0.15, 0.2) is 42.7 Å². The highest BCUT2D eigenvalue weighted by Crippen LogP contribution is 2.33. The molecule has 0 amide bonds. The van der Waals surface area contributed by atoms with E-state index in [0.717, 1.165) is 0 Å². The Morgan fingerprint density at radius 2 is 2.27 bits per heavy atom. The van der Waals surface area contributed by atoms with Crippen LogP contribution in [0.25, 0.3) is 0 Å². The van der Waals surface area contributed by atoms with Gasteiger partial charge >= 0.3 is 0 Å². The third-order valence-electron chi connectivity index (χ3n) is 2.45. The summed E-state index contributed by atoms with van der Waals surface area (Å²) in [6, 6.07) is 7.29. The standard InChI is InChI=1S/C13H12O2/c1-3-8-13(2)9-11(14)10-6-4-5-7-12(10)15-13/h4-8H,1,9H2,2H3. The molecule has 2 rings (SSSR count). The van der Waals surface area contributed by atoms with Crippen LogP contribution in [0.4, 0.5) is 0 Å². The number of fused-ring (bicyclic) bond motifs is 1. The van der Waals surface area contributed by atoms with Crippen LogP contribution in [0.2, 0.25) is 0 Å².